The van der Waals surface area contributed by atoms with Crippen LogP contribution in [0.2, 0.25) is 0 Å². The summed E-state index contributed by atoms with van der Waals surface area (Å²) in [4.78, 5) is 27.3. The molecule has 0 bridgehead atoms. The molecule has 2 N–H and O–H groups in total. The molecule has 4 heterocycles. The van der Waals surface area contributed by atoms with E-state index in [0.717, 1.165) is 43.6 Å². The van der Waals surface area contributed by atoms with Crippen LogP contribution in [0.15, 0.2) is 30.3 Å². The lowest BCUT2D eigenvalue weighted by molar-refractivity contribution is 0.0529. The summed E-state index contributed by atoms with van der Waals surface area (Å²) in [6.45, 7) is 6.22. The molecule has 1 aliphatic carbocycles. The molecule has 3 aliphatic rings. The number of rotatable bonds is 6. The van der Waals surface area contributed by atoms with Gasteiger partial charge in [0.1, 0.15) is 23.3 Å². The number of hydrogen-bond acceptors (Lipinski definition) is 8. The average Bonchev–Trinajstić information content (AvgIpc) is 3.58. The third kappa shape index (κ3) is 5.04. The predicted octanol–water partition coefficient (Wildman–Crippen LogP) is 4.02. The van der Waals surface area contributed by atoms with Crippen LogP contribution in [0, 0.1) is 5.41 Å². The predicted molar refractivity (Wildman–Crippen MR) is 134 cm³/mol. The van der Waals surface area contributed by atoms with Crippen LogP contribution in [-0.2, 0) is 4.74 Å². The summed E-state index contributed by atoms with van der Waals surface area (Å²) in [5.74, 6) is 2.73. The van der Waals surface area contributed by atoms with Gasteiger partial charge in [0.15, 0.2) is 0 Å². The molecule has 1 atom stereocenters. The van der Waals surface area contributed by atoms with Crippen molar-refractivity contribution in [3.63, 3.8) is 0 Å². The quantitative estimate of drug-likeness (QED) is 0.615. The number of amides is 1. The van der Waals surface area contributed by atoms with Crippen molar-refractivity contribution >= 4 is 41.1 Å². The van der Waals surface area contributed by atoms with Gasteiger partial charge in [-0.05, 0) is 62.3 Å². The molecule has 1 saturated carbocycles. The highest BCUT2D eigenvalue weighted by molar-refractivity contribution is 7.99. The van der Waals surface area contributed by atoms with E-state index in [2.05, 4.69) is 26.8 Å². The third-order valence-corrected chi connectivity index (χ3v) is 7.36. The number of hydrogen-bond donors (Lipinski definition) is 2. The Balaban J connectivity index is 1.35. The van der Waals surface area contributed by atoms with Gasteiger partial charge in [-0.3, -0.25) is 4.79 Å². The molecule has 2 aromatic heterocycles. The molecule has 5 rings (SSSR count). The first-order valence-corrected chi connectivity index (χ1v) is 13.0. The molecule has 2 aliphatic heterocycles. The van der Waals surface area contributed by atoms with Crippen LogP contribution in [0.5, 0.6) is 0 Å². The monoisotopic (exact) mass is 468 g/mol. The number of carbonyl (C=O) groups is 1. The third-order valence-electron chi connectivity index (χ3n) is 6.95. The normalized spacial score (nSPS) is 21.7. The molecular formula is C24H32N6O2S. The van der Waals surface area contributed by atoms with Gasteiger partial charge < -0.3 is 24.6 Å². The first-order valence-electron chi connectivity index (χ1n) is 11.8. The largest absolute Gasteiger partial charge is 0.375 e. The molecule has 8 nitrogen and oxygen atoms in total. The van der Waals surface area contributed by atoms with E-state index in [1.54, 1.807) is 0 Å². The van der Waals surface area contributed by atoms with Gasteiger partial charge in [0.2, 0.25) is 0 Å². The van der Waals surface area contributed by atoms with Crippen molar-refractivity contribution in [3.8, 4) is 0 Å². The van der Waals surface area contributed by atoms with Crippen LogP contribution >= 0.6 is 11.9 Å². The summed E-state index contributed by atoms with van der Waals surface area (Å²) in [6, 6.07) is 9.47. The minimum atomic E-state index is -0.181. The molecule has 0 aromatic carbocycles. The fourth-order valence-electron chi connectivity index (χ4n) is 4.78. The van der Waals surface area contributed by atoms with Gasteiger partial charge in [0.25, 0.3) is 5.91 Å². The maximum atomic E-state index is 13.3. The zero-order valence-corrected chi connectivity index (χ0v) is 20.2. The molecule has 33 heavy (non-hydrogen) atoms. The Bertz CT molecular complexity index is 1000. The van der Waals surface area contributed by atoms with Crippen LogP contribution in [0.4, 0.5) is 23.3 Å². The Morgan fingerprint density at radius 2 is 1.88 bits per heavy atom. The van der Waals surface area contributed by atoms with Crippen molar-refractivity contribution < 1.29 is 9.53 Å². The molecule has 0 unspecified atom stereocenters. The molecule has 3 fully saturated rings. The van der Waals surface area contributed by atoms with Crippen LogP contribution in [0.25, 0.3) is 0 Å². The van der Waals surface area contributed by atoms with Crippen molar-refractivity contribution in [2.45, 2.75) is 38.7 Å². The number of piperidine rings is 1. The highest BCUT2D eigenvalue weighted by Crippen LogP contribution is 2.54. The first kappa shape index (κ1) is 22.3. The van der Waals surface area contributed by atoms with Gasteiger partial charge in [-0.15, -0.1) is 0 Å². The molecule has 2 saturated heterocycles. The van der Waals surface area contributed by atoms with Crippen LogP contribution in [0.3, 0.4) is 0 Å². The Morgan fingerprint density at radius 1 is 1.06 bits per heavy atom. The van der Waals surface area contributed by atoms with E-state index >= 15 is 0 Å². The molecule has 1 spiro atoms. The second-order valence-corrected chi connectivity index (χ2v) is 9.94. The van der Waals surface area contributed by atoms with Crippen molar-refractivity contribution in [2.24, 2.45) is 5.41 Å². The van der Waals surface area contributed by atoms with E-state index in [1.165, 1.54) is 37.6 Å². The maximum Gasteiger partial charge on any atom is 0.260 e. The summed E-state index contributed by atoms with van der Waals surface area (Å²) in [7, 11) is 0. The fourth-order valence-corrected chi connectivity index (χ4v) is 5.10. The zero-order valence-electron chi connectivity index (χ0n) is 19.3. The highest BCUT2D eigenvalue weighted by Gasteiger charge is 2.44. The van der Waals surface area contributed by atoms with Crippen LogP contribution < -0.4 is 19.8 Å². The van der Waals surface area contributed by atoms with E-state index in [1.807, 2.05) is 36.6 Å². The maximum absolute atomic E-state index is 13.3. The van der Waals surface area contributed by atoms with E-state index in [0.29, 0.717) is 23.4 Å². The summed E-state index contributed by atoms with van der Waals surface area (Å²) >= 11 is 1.50. The smallest absolute Gasteiger partial charge is 0.260 e. The Labute approximate surface area is 199 Å². The van der Waals surface area contributed by atoms with E-state index < -0.39 is 0 Å². The van der Waals surface area contributed by atoms with Gasteiger partial charge in [0.05, 0.1) is 18.3 Å². The van der Waals surface area contributed by atoms with Gasteiger partial charge in [-0.2, -0.15) is 0 Å². The van der Waals surface area contributed by atoms with Crippen molar-refractivity contribution in [1.29, 1.82) is 0 Å². The molecule has 1 amide bonds. The zero-order chi connectivity index (χ0) is 22.8. The van der Waals surface area contributed by atoms with Gasteiger partial charge in [-0.25, -0.2) is 9.97 Å². The Kier molecular flexibility index (Phi) is 6.34. The fraction of sp³-hybridized carbons (Fsp3) is 0.542. The lowest BCUT2D eigenvalue weighted by Crippen LogP contribution is -2.41. The topological polar surface area (TPSA) is 82.6 Å². The van der Waals surface area contributed by atoms with E-state index in [-0.39, 0.29) is 12.0 Å². The summed E-state index contributed by atoms with van der Waals surface area (Å²) in [5.41, 5.74) is 1.15. The van der Waals surface area contributed by atoms with Crippen molar-refractivity contribution in [1.82, 2.24) is 9.97 Å². The molecule has 176 valence electrons. The standard InChI is InChI=1S/C24H32N6O2S/c1-17-16-30(14-15-32-17)21-5-3-4-19(25-21)27-23(31)18-6-7-20(28-33-2)26-22(18)29-12-10-24(8-9-24)11-13-29/h3-7,17H,8-16H2,1-2H3,(H,26,28)(H,25,27,31)/t17-/m1/s1. The van der Waals surface area contributed by atoms with Crippen molar-refractivity contribution in [2.75, 3.05) is 58.9 Å². The number of carbonyl (C=O) groups excluding carboxylic acids is 1. The number of nitrogens with zero attached hydrogens (tertiary/aromatic N) is 4. The van der Waals surface area contributed by atoms with Crippen molar-refractivity contribution in [3.05, 3.63) is 35.9 Å². The van der Waals surface area contributed by atoms with Crippen LogP contribution in [0.1, 0.15) is 43.0 Å². The van der Waals surface area contributed by atoms with E-state index in [4.69, 9.17) is 14.7 Å². The van der Waals surface area contributed by atoms with Gasteiger partial charge in [-0.1, -0.05) is 18.0 Å². The second kappa shape index (κ2) is 9.38. The lowest BCUT2D eigenvalue weighted by Gasteiger charge is -2.34. The Morgan fingerprint density at radius 3 is 2.61 bits per heavy atom. The highest BCUT2D eigenvalue weighted by atomic mass is 32.2. The number of aromatic nitrogens is 2. The first-order chi connectivity index (χ1) is 16.0. The van der Waals surface area contributed by atoms with Gasteiger partial charge in [0, 0.05) is 32.4 Å². The summed E-state index contributed by atoms with van der Waals surface area (Å²) in [5, 5.41) is 3.01. The van der Waals surface area contributed by atoms with Gasteiger partial charge >= 0.3 is 0 Å². The summed E-state index contributed by atoms with van der Waals surface area (Å²) in [6.07, 6.45) is 7.18. The lowest BCUT2D eigenvalue weighted by atomic mass is 9.93. The number of pyridine rings is 2. The Hall–Kier alpha value is -2.52. The summed E-state index contributed by atoms with van der Waals surface area (Å²) < 4.78 is 8.84. The number of anilines is 4. The van der Waals surface area contributed by atoms with Crippen LogP contribution in [-0.4, -0.2) is 61.0 Å². The minimum Gasteiger partial charge on any atom is -0.375 e. The average molecular weight is 469 g/mol. The molecule has 9 heteroatoms. The van der Waals surface area contributed by atoms with E-state index in [9.17, 15) is 4.79 Å². The number of nitrogens with one attached hydrogen (secondary N) is 2. The molecule has 0 radical (unpaired) electrons. The number of morpholine rings is 1. The molecular weight excluding hydrogens is 436 g/mol. The number of ether oxygens (including phenoxy) is 1. The minimum absolute atomic E-state index is 0.167. The molecule has 2 aromatic rings. The SMILES string of the molecule is CSNc1ccc(C(=O)Nc2cccc(N3CCO[C@H](C)C3)n2)c(N2CCC3(CC2)CC3)n1. The second-order valence-electron chi connectivity index (χ2n) is 9.32.